The summed E-state index contributed by atoms with van der Waals surface area (Å²) in [4.78, 5) is 47.9. The van der Waals surface area contributed by atoms with E-state index in [-0.39, 0.29) is 5.12 Å². The molecule has 0 radical (unpaired) electrons. The Hall–Kier alpha value is -6.13. The van der Waals surface area contributed by atoms with E-state index < -0.39 is 17.9 Å². The maximum atomic E-state index is 12.6. The highest BCUT2D eigenvalue weighted by molar-refractivity contribution is 8.14. The lowest BCUT2D eigenvalue weighted by Gasteiger charge is -2.07. The van der Waals surface area contributed by atoms with Gasteiger partial charge in [-0.1, -0.05) is 67.8 Å². The van der Waals surface area contributed by atoms with Crippen LogP contribution in [-0.4, -0.2) is 49.5 Å². The third-order valence-corrected chi connectivity index (χ3v) is 8.34. The van der Waals surface area contributed by atoms with Crippen molar-refractivity contribution in [2.45, 2.75) is 30.6 Å². The van der Waals surface area contributed by atoms with Crippen molar-refractivity contribution in [3.8, 4) is 28.4 Å². The molecule has 0 spiro atoms. The zero-order chi connectivity index (χ0) is 38.4. The second kappa shape index (κ2) is 22.7. The van der Waals surface area contributed by atoms with Crippen LogP contribution in [0, 0.1) is 0 Å². The van der Waals surface area contributed by atoms with E-state index in [1.807, 2.05) is 84.9 Å². The van der Waals surface area contributed by atoms with Gasteiger partial charge in [-0.3, -0.25) is 4.79 Å². The second-order valence-electron chi connectivity index (χ2n) is 11.6. The first-order valence-electron chi connectivity index (χ1n) is 17.4. The minimum atomic E-state index is -0.500. The molecule has 278 valence electrons. The summed E-state index contributed by atoms with van der Waals surface area (Å²) >= 11 is 1.14. The van der Waals surface area contributed by atoms with E-state index >= 15 is 0 Å². The number of ether oxygens (including phenoxy) is 5. The normalized spacial score (nSPS) is 10.8. The van der Waals surface area contributed by atoms with Gasteiger partial charge in [0.25, 0.3) is 0 Å². The van der Waals surface area contributed by atoms with Gasteiger partial charge in [0.05, 0.1) is 26.4 Å². The zero-order valence-corrected chi connectivity index (χ0v) is 30.7. The van der Waals surface area contributed by atoms with Crippen LogP contribution in [0.25, 0.3) is 23.3 Å². The molecule has 0 N–H and O–H groups in total. The summed E-state index contributed by atoms with van der Waals surface area (Å²) in [5, 5.41) is -0.0968. The molecule has 4 aromatic carbocycles. The molecule has 0 saturated carbocycles. The van der Waals surface area contributed by atoms with Crippen molar-refractivity contribution >= 4 is 46.9 Å². The lowest BCUT2D eigenvalue weighted by molar-refractivity contribution is -0.138. The maximum Gasteiger partial charge on any atom is 0.336 e. The van der Waals surface area contributed by atoms with Crippen LogP contribution < -0.4 is 14.2 Å². The second-order valence-corrected chi connectivity index (χ2v) is 12.6. The predicted molar refractivity (Wildman–Crippen MR) is 211 cm³/mol. The van der Waals surface area contributed by atoms with Crippen LogP contribution in [0.1, 0.15) is 36.8 Å². The fourth-order valence-corrected chi connectivity index (χ4v) is 5.30. The molecule has 10 heteroatoms. The molecule has 0 aliphatic carbocycles. The fraction of sp³-hybridized carbons (Fsp3) is 0.182. The minimum Gasteiger partial charge on any atom is -0.494 e. The molecule has 0 aromatic heterocycles. The number of esters is 3. The number of thioether (sulfide) groups is 1. The number of carbonyl (C=O) groups is 4. The molecule has 0 unspecified atom stereocenters. The molecule has 54 heavy (non-hydrogen) atoms. The average molecular weight is 747 g/mol. The Kier molecular flexibility index (Phi) is 17.1. The van der Waals surface area contributed by atoms with Crippen molar-refractivity contribution in [2.24, 2.45) is 0 Å². The Morgan fingerprint density at radius 3 is 1.41 bits per heavy atom. The molecule has 0 amide bonds. The summed E-state index contributed by atoms with van der Waals surface area (Å²) in [6.45, 7) is 8.38. The Morgan fingerprint density at radius 2 is 0.926 bits per heavy atom. The summed E-state index contributed by atoms with van der Waals surface area (Å²) < 4.78 is 26.8. The molecular weight excluding hydrogens is 705 g/mol. The first kappa shape index (κ1) is 40.6. The van der Waals surface area contributed by atoms with Gasteiger partial charge in [-0.2, -0.15) is 0 Å². The van der Waals surface area contributed by atoms with Gasteiger partial charge in [0.2, 0.25) is 5.12 Å². The van der Waals surface area contributed by atoms with Crippen LogP contribution in [0.3, 0.4) is 0 Å². The van der Waals surface area contributed by atoms with Gasteiger partial charge < -0.3 is 23.7 Å². The van der Waals surface area contributed by atoms with Crippen LogP contribution in [0.2, 0.25) is 0 Å². The van der Waals surface area contributed by atoms with E-state index in [0.29, 0.717) is 50.8 Å². The van der Waals surface area contributed by atoms with Crippen molar-refractivity contribution in [1.82, 2.24) is 0 Å². The summed E-state index contributed by atoms with van der Waals surface area (Å²) in [7, 11) is 0. The maximum absolute atomic E-state index is 12.6. The van der Waals surface area contributed by atoms with Crippen molar-refractivity contribution < 1.29 is 42.9 Å². The number of hydrogen-bond acceptors (Lipinski definition) is 10. The number of rotatable bonds is 21. The van der Waals surface area contributed by atoms with E-state index in [4.69, 9.17) is 23.7 Å². The molecule has 4 rings (SSSR count). The van der Waals surface area contributed by atoms with Gasteiger partial charge >= 0.3 is 17.9 Å². The summed E-state index contributed by atoms with van der Waals surface area (Å²) in [6.07, 6.45) is 11.5. The van der Waals surface area contributed by atoms with Crippen LogP contribution in [0.15, 0.2) is 139 Å². The number of unbranched alkanes of at least 4 members (excludes halogenated alkanes) is 2. The Balaban J connectivity index is 1.15. The van der Waals surface area contributed by atoms with Crippen LogP contribution in [0.4, 0.5) is 0 Å². The minimum absolute atomic E-state index is 0.0968. The van der Waals surface area contributed by atoms with Crippen LogP contribution in [-0.2, 0) is 28.7 Å². The Bertz CT molecular complexity index is 1750. The van der Waals surface area contributed by atoms with E-state index in [2.05, 4.69) is 13.2 Å². The van der Waals surface area contributed by atoms with E-state index in [1.54, 1.807) is 30.4 Å². The molecule has 0 atom stereocenters. The molecule has 0 bridgehead atoms. The molecule has 0 aliphatic heterocycles. The monoisotopic (exact) mass is 746 g/mol. The average Bonchev–Trinajstić information content (AvgIpc) is 3.20. The quantitative estimate of drug-likeness (QED) is 0.0269. The van der Waals surface area contributed by atoms with Gasteiger partial charge in [-0.15, -0.1) is 0 Å². The Morgan fingerprint density at radius 1 is 0.500 bits per heavy atom. The lowest BCUT2D eigenvalue weighted by atomic mass is 10.1. The molecule has 0 heterocycles. The molecule has 4 aromatic rings. The fourth-order valence-electron chi connectivity index (χ4n) is 4.66. The summed E-state index contributed by atoms with van der Waals surface area (Å²) in [5.74, 6) is 0.493. The van der Waals surface area contributed by atoms with Gasteiger partial charge in [0, 0.05) is 23.1 Å². The van der Waals surface area contributed by atoms with E-state index in [9.17, 15) is 19.2 Å². The van der Waals surface area contributed by atoms with Crippen LogP contribution >= 0.6 is 11.8 Å². The van der Waals surface area contributed by atoms with Crippen LogP contribution in [0.5, 0.6) is 17.2 Å². The highest BCUT2D eigenvalue weighted by Crippen LogP contribution is 2.27. The molecular formula is C44H42O9S. The number of hydrogen-bond donors (Lipinski definition) is 0. The van der Waals surface area contributed by atoms with Gasteiger partial charge in [-0.05, 0) is 120 Å². The smallest absolute Gasteiger partial charge is 0.336 e. The predicted octanol–water partition coefficient (Wildman–Crippen LogP) is 9.08. The first-order chi connectivity index (χ1) is 26.3. The van der Waals surface area contributed by atoms with E-state index in [1.165, 1.54) is 6.08 Å². The SMILES string of the molecule is C=CC(=O)OCCCCOc1ccc(C=CC(=O)Oc2ccc(-c3ccc(SC(=O)C=Cc4ccc(OCCCCOC(=O)C=C)cc4)cc3)cc2)cc1. The molecule has 0 aliphatic rings. The highest BCUT2D eigenvalue weighted by atomic mass is 32.2. The van der Waals surface area contributed by atoms with Gasteiger partial charge in [0.1, 0.15) is 17.2 Å². The number of carbonyl (C=O) groups excluding carboxylic acids is 4. The first-order valence-corrected chi connectivity index (χ1v) is 18.2. The standard InChI is InChI=1S/C44H42O9S/c1-3-41(45)51-31-7-5-29-49-37-19-9-33(10-20-37)13-27-43(47)53-39-23-15-35(16-24-39)36-17-25-40(26-18-36)54-44(48)28-14-34-11-21-38(22-12-34)50-30-6-8-32-52-42(46)4-2/h3-4,9-28H,1-2,5-8,29-32H2. The topological polar surface area (TPSA) is 114 Å². The molecule has 0 saturated heterocycles. The third kappa shape index (κ3) is 15.2. The molecule has 9 nitrogen and oxygen atoms in total. The summed E-state index contributed by atoms with van der Waals surface area (Å²) in [5.41, 5.74) is 3.59. The van der Waals surface area contributed by atoms with Gasteiger partial charge in [-0.25, -0.2) is 14.4 Å². The van der Waals surface area contributed by atoms with E-state index in [0.717, 1.165) is 69.7 Å². The van der Waals surface area contributed by atoms with Crippen molar-refractivity contribution in [1.29, 1.82) is 0 Å². The van der Waals surface area contributed by atoms with Crippen molar-refractivity contribution in [3.63, 3.8) is 0 Å². The zero-order valence-electron chi connectivity index (χ0n) is 29.9. The van der Waals surface area contributed by atoms with Gasteiger partial charge in [0.15, 0.2) is 0 Å². The largest absolute Gasteiger partial charge is 0.494 e. The molecule has 0 fully saturated rings. The third-order valence-electron chi connectivity index (χ3n) is 7.50. The lowest BCUT2D eigenvalue weighted by Crippen LogP contribution is -2.04. The van der Waals surface area contributed by atoms with Crippen molar-refractivity contribution in [2.75, 3.05) is 26.4 Å². The highest BCUT2D eigenvalue weighted by Gasteiger charge is 2.06. The Labute approximate surface area is 319 Å². The summed E-state index contributed by atoms with van der Waals surface area (Å²) in [6, 6.07) is 29.7. The number of benzene rings is 4. The van der Waals surface area contributed by atoms with Crippen molar-refractivity contribution in [3.05, 3.63) is 146 Å².